The number of amides is 1. The molecule has 0 aliphatic rings. The number of nitrogens with one attached hydrogen (secondary N) is 2. The Morgan fingerprint density at radius 2 is 2.05 bits per heavy atom. The average Bonchev–Trinajstić information content (AvgIpc) is 2.87. The number of benzene rings is 1. The summed E-state index contributed by atoms with van der Waals surface area (Å²) < 4.78 is 0. The lowest BCUT2D eigenvalue weighted by Gasteiger charge is -2.17. The average molecular weight is 260 g/mol. The van der Waals surface area contributed by atoms with Gasteiger partial charge in [0.1, 0.15) is 0 Å². The Kier molecular flexibility index (Phi) is 4.52. The van der Waals surface area contributed by atoms with Gasteiger partial charge in [0.05, 0.1) is 5.52 Å². The zero-order chi connectivity index (χ0) is 13.7. The van der Waals surface area contributed by atoms with Crippen molar-refractivity contribution in [3.63, 3.8) is 0 Å². The van der Waals surface area contributed by atoms with Gasteiger partial charge in [-0.2, -0.15) is 5.10 Å². The summed E-state index contributed by atoms with van der Waals surface area (Å²) in [7, 11) is 0. The summed E-state index contributed by atoms with van der Waals surface area (Å²) >= 11 is 0. The van der Waals surface area contributed by atoms with Crippen molar-refractivity contribution in [1.29, 1.82) is 0 Å². The number of fused-ring (bicyclic) bond motifs is 1. The van der Waals surface area contributed by atoms with E-state index in [1.54, 1.807) is 0 Å². The number of aromatic nitrogens is 2. The van der Waals surface area contributed by atoms with Crippen LogP contribution in [0.5, 0.6) is 0 Å². The monoisotopic (exact) mass is 260 g/mol. The molecule has 1 amide bonds. The zero-order valence-electron chi connectivity index (χ0n) is 11.4. The van der Waals surface area contributed by atoms with Crippen molar-refractivity contribution < 1.29 is 4.79 Å². The normalized spacial score (nSPS) is 11.1. The molecule has 0 fully saturated rings. The van der Waals surface area contributed by atoms with Gasteiger partial charge < -0.3 is 10.2 Å². The molecule has 0 aliphatic carbocycles. The van der Waals surface area contributed by atoms with E-state index in [2.05, 4.69) is 34.3 Å². The molecule has 1 heterocycles. The minimum Gasteiger partial charge on any atom is -0.349 e. The highest BCUT2D eigenvalue weighted by atomic mass is 16.1. The Labute approximate surface area is 113 Å². The molecule has 0 bridgehead atoms. The van der Waals surface area contributed by atoms with Crippen LogP contribution in [0.1, 0.15) is 24.3 Å². The van der Waals surface area contributed by atoms with Gasteiger partial charge in [-0.3, -0.25) is 9.89 Å². The van der Waals surface area contributed by atoms with Crippen LogP contribution in [-0.2, 0) is 0 Å². The minimum atomic E-state index is -0.121. The summed E-state index contributed by atoms with van der Waals surface area (Å²) in [6.07, 6.45) is 0. The third-order valence-corrected chi connectivity index (χ3v) is 3.29. The van der Waals surface area contributed by atoms with Crippen LogP contribution in [0, 0.1) is 0 Å². The molecular weight excluding hydrogens is 240 g/mol. The fourth-order valence-corrected chi connectivity index (χ4v) is 2.09. The van der Waals surface area contributed by atoms with E-state index in [1.807, 2.05) is 24.3 Å². The van der Waals surface area contributed by atoms with Crippen molar-refractivity contribution in [3.05, 3.63) is 30.0 Å². The van der Waals surface area contributed by atoms with E-state index in [-0.39, 0.29) is 5.91 Å². The van der Waals surface area contributed by atoms with Gasteiger partial charge in [0, 0.05) is 18.5 Å². The third-order valence-electron chi connectivity index (χ3n) is 3.29. The maximum absolute atomic E-state index is 12.1. The molecule has 0 saturated carbocycles. The van der Waals surface area contributed by atoms with Gasteiger partial charge in [0.2, 0.25) is 0 Å². The second-order valence-electron chi connectivity index (χ2n) is 4.40. The molecule has 19 heavy (non-hydrogen) atoms. The zero-order valence-corrected chi connectivity index (χ0v) is 11.4. The van der Waals surface area contributed by atoms with Gasteiger partial charge in [-0.15, -0.1) is 0 Å². The maximum atomic E-state index is 12.1. The van der Waals surface area contributed by atoms with Crippen molar-refractivity contribution in [2.45, 2.75) is 13.8 Å². The van der Waals surface area contributed by atoms with Crippen LogP contribution < -0.4 is 5.32 Å². The third kappa shape index (κ3) is 3.12. The Balaban J connectivity index is 1.97. The molecular formula is C14H20N4O. The Morgan fingerprint density at radius 1 is 1.32 bits per heavy atom. The van der Waals surface area contributed by atoms with Gasteiger partial charge in [0.25, 0.3) is 5.91 Å². The number of likely N-dealkylation sites (N-methyl/N-ethyl adjacent to an activating group) is 1. The summed E-state index contributed by atoms with van der Waals surface area (Å²) in [6.45, 7) is 7.73. The minimum absolute atomic E-state index is 0.121. The second kappa shape index (κ2) is 6.33. The summed E-state index contributed by atoms with van der Waals surface area (Å²) in [5.74, 6) is -0.121. The van der Waals surface area contributed by atoms with Crippen LogP contribution in [-0.4, -0.2) is 47.2 Å². The highest BCUT2D eigenvalue weighted by molar-refractivity contribution is 6.04. The highest BCUT2D eigenvalue weighted by Crippen LogP contribution is 2.14. The first-order valence-electron chi connectivity index (χ1n) is 6.70. The Morgan fingerprint density at radius 3 is 2.79 bits per heavy atom. The Hall–Kier alpha value is -1.88. The largest absolute Gasteiger partial charge is 0.349 e. The molecule has 0 radical (unpaired) electrons. The van der Waals surface area contributed by atoms with Crippen LogP contribution in [0.25, 0.3) is 10.9 Å². The van der Waals surface area contributed by atoms with Crippen molar-refractivity contribution in [3.8, 4) is 0 Å². The van der Waals surface area contributed by atoms with Gasteiger partial charge >= 0.3 is 0 Å². The molecule has 0 unspecified atom stereocenters. The lowest BCUT2D eigenvalue weighted by atomic mass is 10.2. The van der Waals surface area contributed by atoms with E-state index in [4.69, 9.17) is 0 Å². The molecule has 2 rings (SSSR count). The van der Waals surface area contributed by atoms with E-state index in [1.165, 1.54) is 0 Å². The highest BCUT2D eigenvalue weighted by Gasteiger charge is 2.13. The molecule has 0 saturated heterocycles. The molecule has 0 aliphatic heterocycles. The lowest BCUT2D eigenvalue weighted by Crippen LogP contribution is -2.35. The molecule has 2 aromatic rings. The standard InChI is InChI=1S/C14H20N4O/c1-3-18(4-2)10-9-15-14(19)13-11-7-5-6-8-12(11)16-17-13/h5-8H,3-4,9-10H2,1-2H3,(H,15,19)(H,16,17). The number of rotatable bonds is 6. The van der Waals surface area contributed by atoms with Gasteiger partial charge in [-0.05, 0) is 19.2 Å². The van der Waals surface area contributed by atoms with E-state index < -0.39 is 0 Å². The van der Waals surface area contributed by atoms with Crippen LogP contribution >= 0.6 is 0 Å². The fraction of sp³-hybridized carbons (Fsp3) is 0.429. The molecule has 2 N–H and O–H groups in total. The predicted molar refractivity (Wildman–Crippen MR) is 76.2 cm³/mol. The summed E-state index contributed by atoms with van der Waals surface area (Å²) in [4.78, 5) is 14.3. The van der Waals surface area contributed by atoms with E-state index >= 15 is 0 Å². The van der Waals surface area contributed by atoms with Crippen molar-refractivity contribution >= 4 is 16.8 Å². The molecule has 102 valence electrons. The Bertz CT molecular complexity index is 545. The van der Waals surface area contributed by atoms with E-state index in [0.717, 1.165) is 30.5 Å². The number of hydrogen-bond acceptors (Lipinski definition) is 3. The first-order valence-corrected chi connectivity index (χ1v) is 6.70. The number of hydrogen-bond donors (Lipinski definition) is 2. The molecule has 0 atom stereocenters. The van der Waals surface area contributed by atoms with Crippen molar-refractivity contribution in [1.82, 2.24) is 20.4 Å². The summed E-state index contributed by atoms with van der Waals surface area (Å²) in [6, 6.07) is 7.64. The number of carbonyl (C=O) groups is 1. The summed E-state index contributed by atoms with van der Waals surface area (Å²) in [5.41, 5.74) is 1.35. The van der Waals surface area contributed by atoms with Gasteiger partial charge in [-0.1, -0.05) is 32.0 Å². The molecule has 5 nitrogen and oxygen atoms in total. The molecule has 5 heteroatoms. The predicted octanol–water partition coefficient (Wildman–Crippen LogP) is 1.63. The summed E-state index contributed by atoms with van der Waals surface area (Å²) in [5, 5.41) is 10.7. The first-order chi connectivity index (χ1) is 9.26. The number of H-pyrrole nitrogens is 1. The smallest absolute Gasteiger partial charge is 0.272 e. The van der Waals surface area contributed by atoms with Crippen molar-refractivity contribution in [2.75, 3.05) is 26.2 Å². The second-order valence-corrected chi connectivity index (χ2v) is 4.40. The quantitative estimate of drug-likeness (QED) is 0.830. The number of carbonyl (C=O) groups excluding carboxylic acids is 1. The van der Waals surface area contributed by atoms with E-state index in [0.29, 0.717) is 12.2 Å². The fourth-order valence-electron chi connectivity index (χ4n) is 2.09. The maximum Gasteiger partial charge on any atom is 0.272 e. The van der Waals surface area contributed by atoms with Crippen molar-refractivity contribution in [2.24, 2.45) is 0 Å². The number of nitrogens with zero attached hydrogens (tertiary/aromatic N) is 2. The van der Waals surface area contributed by atoms with Gasteiger partial charge in [-0.25, -0.2) is 0 Å². The topological polar surface area (TPSA) is 61.0 Å². The molecule has 1 aromatic carbocycles. The van der Waals surface area contributed by atoms with Gasteiger partial charge in [0.15, 0.2) is 5.69 Å². The van der Waals surface area contributed by atoms with Crippen LogP contribution in [0.4, 0.5) is 0 Å². The first kappa shape index (κ1) is 13.5. The van der Waals surface area contributed by atoms with Crippen LogP contribution in [0.3, 0.4) is 0 Å². The molecule has 1 aromatic heterocycles. The van der Waals surface area contributed by atoms with Crippen LogP contribution in [0.15, 0.2) is 24.3 Å². The lowest BCUT2D eigenvalue weighted by molar-refractivity contribution is 0.0945. The SMILES string of the molecule is CCN(CC)CCNC(=O)c1n[nH]c2ccccc12. The van der Waals surface area contributed by atoms with Crippen LogP contribution in [0.2, 0.25) is 0 Å². The number of para-hydroxylation sites is 1. The van der Waals surface area contributed by atoms with E-state index in [9.17, 15) is 4.79 Å². The molecule has 0 spiro atoms. The number of aromatic amines is 1.